The molecule has 1 fully saturated rings. The first kappa shape index (κ1) is 27.2. The molecule has 2 N–H and O–H groups in total. The number of rotatable bonds is 7. The van der Waals surface area contributed by atoms with E-state index in [0.717, 1.165) is 28.5 Å². The molecule has 4 aromatic rings. The average Bonchev–Trinajstić information content (AvgIpc) is 3.57. The van der Waals surface area contributed by atoms with Gasteiger partial charge in [0.05, 0.1) is 37.3 Å². The number of para-hydroxylation sites is 2. The third-order valence-corrected chi connectivity index (χ3v) is 7.23. The van der Waals surface area contributed by atoms with Gasteiger partial charge in [0.2, 0.25) is 5.91 Å². The molecule has 5 rings (SSSR count). The minimum atomic E-state index is -0.547. The van der Waals surface area contributed by atoms with Crippen LogP contribution in [0.4, 0.5) is 11.4 Å². The summed E-state index contributed by atoms with van der Waals surface area (Å²) in [5.74, 6) is 1.20. The van der Waals surface area contributed by atoms with Gasteiger partial charge in [-0.2, -0.15) is 0 Å². The van der Waals surface area contributed by atoms with E-state index >= 15 is 0 Å². The van der Waals surface area contributed by atoms with Crippen molar-refractivity contribution >= 4 is 34.6 Å². The van der Waals surface area contributed by atoms with Gasteiger partial charge in [0.15, 0.2) is 5.11 Å². The van der Waals surface area contributed by atoms with Crippen molar-refractivity contribution in [1.29, 1.82) is 0 Å². The first-order valence-corrected chi connectivity index (χ1v) is 13.4. The van der Waals surface area contributed by atoms with Gasteiger partial charge in [0, 0.05) is 35.3 Å². The summed E-state index contributed by atoms with van der Waals surface area (Å²) >= 11 is 5.93. The summed E-state index contributed by atoms with van der Waals surface area (Å²) in [6, 6.07) is 23.1. The minimum Gasteiger partial charge on any atom is -0.495 e. The highest BCUT2D eigenvalue weighted by Crippen LogP contribution is 2.44. The molecule has 0 aliphatic carbocycles. The number of thiocarbonyl (C=S) groups is 1. The highest BCUT2D eigenvalue weighted by Gasteiger charge is 2.42. The average molecular weight is 556 g/mol. The zero-order valence-electron chi connectivity index (χ0n) is 23.2. The molecular formula is C31H33N5O3S. The first-order chi connectivity index (χ1) is 19.2. The van der Waals surface area contributed by atoms with E-state index in [-0.39, 0.29) is 18.0 Å². The van der Waals surface area contributed by atoms with Gasteiger partial charge in [0.1, 0.15) is 17.5 Å². The number of methoxy groups -OCH3 is 2. The van der Waals surface area contributed by atoms with Gasteiger partial charge in [-0.05, 0) is 60.7 Å². The highest BCUT2D eigenvalue weighted by atomic mass is 32.1. The van der Waals surface area contributed by atoms with Gasteiger partial charge in [-0.1, -0.05) is 39.0 Å². The normalized spacial score (nSPS) is 16.9. The van der Waals surface area contributed by atoms with Crippen molar-refractivity contribution in [2.24, 2.45) is 5.41 Å². The minimum absolute atomic E-state index is 0.0976. The predicted octanol–water partition coefficient (Wildman–Crippen LogP) is 6.05. The summed E-state index contributed by atoms with van der Waals surface area (Å²) in [4.78, 5) is 19.4. The Labute approximate surface area is 239 Å². The van der Waals surface area contributed by atoms with Crippen LogP contribution in [0.3, 0.4) is 0 Å². The zero-order valence-corrected chi connectivity index (χ0v) is 24.0. The van der Waals surface area contributed by atoms with E-state index in [0.29, 0.717) is 16.5 Å². The van der Waals surface area contributed by atoms with Gasteiger partial charge < -0.3 is 29.6 Å². The zero-order chi connectivity index (χ0) is 28.4. The van der Waals surface area contributed by atoms with Crippen molar-refractivity contribution in [3.8, 4) is 17.2 Å². The van der Waals surface area contributed by atoms with Crippen molar-refractivity contribution in [2.75, 3.05) is 24.4 Å². The summed E-state index contributed by atoms with van der Waals surface area (Å²) in [7, 11) is 3.26. The Hall–Kier alpha value is -4.37. The number of nitrogens with zero attached hydrogens (tertiary/aromatic N) is 3. The van der Waals surface area contributed by atoms with Crippen LogP contribution >= 0.6 is 12.2 Å². The van der Waals surface area contributed by atoms with Gasteiger partial charge >= 0.3 is 0 Å². The number of nitrogens with one attached hydrogen (secondary N) is 2. The number of hydrogen-bond acceptors (Lipinski definition) is 5. The number of hydrogen-bond donors (Lipinski definition) is 2. The van der Waals surface area contributed by atoms with Gasteiger partial charge in [-0.25, -0.2) is 0 Å². The van der Waals surface area contributed by atoms with Crippen molar-refractivity contribution in [3.63, 3.8) is 0 Å². The molecule has 2 aromatic heterocycles. The molecule has 2 atom stereocenters. The number of carbonyl (C=O) groups excluding carboxylic acids is 1. The van der Waals surface area contributed by atoms with Crippen molar-refractivity contribution in [3.05, 3.63) is 96.6 Å². The molecule has 1 aliphatic heterocycles. The molecule has 3 heterocycles. The van der Waals surface area contributed by atoms with Gasteiger partial charge in [0.25, 0.3) is 0 Å². The van der Waals surface area contributed by atoms with E-state index in [9.17, 15) is 4.79 Å². The molecule has 0 radical (unpaired) electrons. The Bertz CT molecular complexity index is 1530. The van der Waals surface area contributed by atoms with E-state index in [4.69, 9.17) is 21.7 Å². The largest absolute Gasteiger partial charge is 0.495 e. The maximum Gasteiger partial charge on any atom is 0.229 e. The van der Waals surface area contributed by atoms with Crippen LogP contribution in [0.25, 0.3) is 5.69 Å². The Kier molecular flexibility index (Phi) is 7.49. The van der Waals surface area contributed by atoms with Crippen molar-refractivity contribution in [1.82, 2.24) is 14.9 Å². The summed E-state index contributed by atoms with van der Waals surface area (Å²) in [6.07, 6.45) is 3.81. The van der Waals surface area contributed by atoms with E-state index in [1.807, 2.05) is 93.7 Å². The molecule has 0 unspecified atom stereocenters. The van der Waals surface area contributed by atoms with Crippen LogP contribution in [0.1, 0.15) is 44.2 Å². The number of anilines is 2. The van der Waals surface area contributed by atoms with Crippen molar-refractivity contribution < 1.29 is 14.3 Å². The molecule has 1 saturated heterocycles. The molecule has 2 aromatic carbocycles. The lowest BCUT2D eigenvalue weighted by Crippen LogP contribution is -2.30. The van der Waals surface area contributed by atoms with Crippen LogP contribution < -0.4 is 25.0 Å². The fraction of sp³-hybridized carbons (Fsp3) is 0.258. The predicted molar refractivity (Wildman–Crippen MR) is 161 cm³/mol. The molecule has 0 spiro atoms. The fourth-order valence-corrected chi connectivity index (χ4v) is 5.21. The SMILES string of the molecule is COc1cc(N2C(=S)N[C@@H](c3ccccn3)[C@@H]2c2cccn2-c2ccccc2OC)ccc1NC(=O)C(C)(C)C. The van der Waals surface area contributed by atoms with Crippen molar-refractivity contribution in [2.45, 2.75) is 32.9 Å². The molecular weight excluding hydrogens is 522 g/mol. The monoisotopic (exact) mass is 555 g/mol. The van der Waals surface area contributed by atoms with Gasteiger partial charge in [-0.3, -0.25) is 9.78 Å². The van der Waals surface area contributed by atoms with Crippen LogP contribution in [-0.4, -0.2) is 34.8 Å². The van der Waals surface area contributed by atoms with Crippen LogP contribution in [0.15, 0.2) is 85.2 Å². The molecule has 1 aliphatic rings. The van der Waals surface area contributed by atoms with E-state index in [1.165, 1.54) is 0 Å². The van der Waals surface area contributed by atoms with E-state index in [1.54, 1.807) is 20.4 Å². The van der Waals surface area contributed by atoms with Gasteiger partial charge in [-0.15, -0.1) is 0 Å². The number of carbonyl (C=O) groups is 1. The Morgan fingerprint density at radius 3 is 2.42 bits per heavy atom. The second kappa shape index (κ2) is 11.0. The topological polar surface area (TPSA) is 80.7 Å². The molecule has 0 bridgehead atoms. The molecule has 8 nitrogen and oxygen atoms in total. The highest BCUT2D eigenvalue weighted by molar-refractivity contribution is 7.80. The third-order valence-electron chi connectivity index (χ3n) is 6.92. The number of amides is 1. The number of pyridine rings is 1. The molecule has 206 valence electrons. The van der Waals surface area contributed by atoms with E-state index < -0.39 is 5.41 Å². The van der Waals surface area contributed by atoms with Crippen LogP contribution in [-0.2, 0) is 4.79 Å². The first-order valence-electron chi connectivity index (χ1n) is 13.0. The lowest BCUT2D eigenvalue weighted by molar-refractivity contribution is -0.123. The molecule has 1 amide bonds. The smallest absolute Gasteiger partial charge is 0.229 e. The quantitative estimate of drug-likeness (QED) is 0.269. The second-order valence-corrected chi connectivity index (χ2v) is 10.9. The standard InChI is InChI=1S/C31H33N5O3S/c1-31(2,3)29(37)33-21-16-15-20(19-26(21)39-5)36-28(27(34-30(36)40)22-11-8-9-17-32-22)24-13-10-18-35(24)23-12-6-7-14-25(23)38-4/h6-19,27-28H,1-5H3,(H,33,37)(H,34,40)/t27-,28-/m0/s1. The maximum atomic E-state index is 12.7. The second-order valence-electron chi connectivity index (χ2n) is 10.6. The lowest BCUT2D eigenvalue weighted by atomic mass is 9.95. The van der Waals surface area contributed by atoms with Crippen LogP contribution in [0.2, 0.25) is 0 Å². The van der Waals surface area contributed by atoms with Crippen LogP contribution in [0, 0.1) is 5.41 Å². The Morgan fingerprint density at radius 2 is 1.73 bits per heavy atom. The number of aromatic nitrogens is 2. The number of benzene rings is 2. The summed E-state index contributed by atoms with van der Waals surface area (Å²) < 4.78 is 13.5. The Balaban J connectivity index is 1.62. The summed E-state index contributed by atoms with van der Waals surface area (Å²) in [6.45, 7) is 5.62. The summed E-state index contributed by atoms with van der Waals surface area (Å²) in [5.41, 5.74) is 3.65. The summed E-state index contributed by atoms with van der Waals surface area (Å²) in [5, 5.41) is 7.05. The third kappa shape index (κ3) is 5.12. The lowest BCUT2D eigenvalue weighted by Gasteiger charge is -2.30. The fourth-order valence-electron chi connectivity index (χ4n) is 4.86. The van der Waals surface area contributed by atoms with Crippen LogP contribution in [0.5, 0.6) is 11.5 Å². The van der Waals surface area contributed by atoms with E-state index in [2.05, 4.69) is 31.2 Å². The molecule has 0 saturated carbocycles. The molecule has 9 heteroatoms. The number of ether oxygens (including phenoxy) is 2. The Morgan fingerprint density at radius 1 is 0.975 bits per heavy atom. The maximum absolute atomic E-state index is 12.7. The molecule has 40 heavy (non-hydrogen) atoms.